The SMILES string of the molecule is CCOc1cc(C=NNC(=O)c2ccncc2)ccc1OCc1ccc(Cl)cc1. The largest absolute Gasteiger partial charge is 0.490 e. The Morgan fingerprint density at radius 3 is 2.55 bits per heavy atom. The van der Waals surface area contributed by atoms with Crippen LogP contribution in [0, 0.1) is 0 Å². The third kappa shape index (κ3) is 6.05. The average molecular weight is 410 g/mol. The highest BCUT2D eigenvalue weighted by molar-refractivity contribution is 6.30. The minimum Gasteiger partial charge on any atom is -0.490 e. The number of amides is 1. The van der Waals surface area contributed by atoms with Gasteiger partial charge >= 0.3 is 0 Å². The molecule has 0 aliphatic heterocycles. The van der Waals surface area contributed by atoms with Gasteiger partial charge in [0.2, 0.25) is 0 Å². The van der Waals surface area contributed by atoms with Crippen LogP contribution in [0.15, 0.2) is 72.1 Å². The third-order valence-corrected chi connectivity index (χ3v) is 4.15. The molecule has 3 rings (SSSR count). The molecule has 0 saturated heterocycles. The fraction of sp³-hybridized carbons (Fsp3) is 0.136. The van der Waals surface area contributed by atoms with Crippen LogP contribution in [-0.2, 0) is 6.61 Å². The molecule has 3 aromatic rings. The van der Waals surface area contributed by atoms with E-state index in [1.807, 2.05) is 49.4 Å². The van der Waals surface area contributed by atoms with E-state index in [2.05, 4.69) is 15.5 Å². The zero-order chi connectivity index (χ0) is 20.5. The van der Waals surface area contributed by atoms with Crippen molar-refractivity contribution in [2.24, 2.45) is 5.10 Å². The highest BCUT2D eigenvalue weighted by Crippen LogP contribution is 2.29. The highest BCUT2D eigenvalue weighted by atomic mass is 35.5. The summed E-state index contributed by atoms with van der Waals surface area (Å²) < 4.78 is 11.6. The molecular weight excluding hydrogens is 390 g/mol. The summed E-state index contributed by atoms with van der Waals surface area (Å²) >= 11 is 5.91. The van der Waals surface area contributed by atoms with E-state index in [9.17, 15) is 4.79 Å². The quantitative estimate of drug-likeness (QED) is 0.440. The number of ether oxygens (including phenoxy) is 2. The first-order chi connectivity index (χ1) is 14.2. The number of aromatic nitrogens is 1. The van der Waals surface area contributed by atoms with Crippen LogP contribution in [0.5, 0.6) is 11.5 Å². The topological polar surface area (TPSA) is 72.8 Å². The van der Waals surface area contributed by atoms with Crippen LogP contribution < -0.4 is 14.9 Å². The van der Waals surface area contributed by atoms with Gasteiger partial charge in [-0.1, -0.05) is 23.7 Å². The first-order valence-electron chi connectivity index (χ1n) is 9.03. The van der Waals surface area contributed by atoms with Crippen molar-refractivity contribution in [1.82, 2.24) is 10.4 Å². The number of pyridine rings is 1. The molecule has 1 heterocycles. The fourth-order valence-corrected chi connectivity index (χ4v) is 2.59. The maximum atomic E-state index is 12.0. The number of carbonyl (C=O) groups excluding carboxylic acids is 1. The van der Waals surface area contributed by atoms with E-state index in [1.54, 1.807) is 30.7 Å². The number of halogens is 1. The molecule has 0 spiro atoms. The molecule has 0 aliphatic rings. The number of hydrogen-bond donors (Lipinski definition) is 1. The number of rotatable bonds is 8. The van der Waals surface area contributed by atoms with Crippen LogP contribution in [0.25, 0.3) is 0 Å². The molecular formula is C22H20ClN3O3. The van der Waals surface area contributed by atoms with Crippen molar-refractivity contribution in [2.75, 3.05) is 6.61 Å². The van der Waals surface area contributed by atoms with Crippen molar-refractivity contribution < 1.29 is 14.3 Å². The molecule has 0 fully saturated rings. The van der Waals surface area contributed by atoms with E-state index in [-0.39, 0.29) is 5.91 Å². The minimum atomic E-state index is -0.309. The van der Waals surface area contributed by atoms with Gasteiger partial charge in [0.05, 0.1) is 12.8 Å². The second-order valence-corrected chi connectivity index (χ2v) is 6.43. The summed E-state index contributed by atoms with van der Waals surface area (Å²) in [5.41, 5.74) is 4.74. The summed E-state index contributed by atoms with van der Waals surface area (Å²) in [6.45, 7) is 2.79. The lowest BCUT2D eigenvalue weighted by Gasteiger charge is -2.12. The highest BCUT2D eigenvalue weighted by Gasteiger charge is 2.07. The third-order valence-electron chi connectivity index (χ3n) is 3.90. The van der Waals surface area contributed by atoms with Crippen LogP contribution in [0.1, 0.15) is 28.4 Å². The molecule has 6 nitrogen and oxygen atoms in total. The van der Waals surface area contributed by atoms with E-state index in [4.69, 9.17) is 21.1 Å². The standard InChI is InChI=1S/C22H20ClN3O3/c1-2-28-21-13-17(14-25-26-22(27)18-9-11-24-12-10-18)5-8-20(21)29-15-16-3-6-19(23)7-4-16/h3-14H,2,15H2,1H3,(H,26,27). The van der Waals surface area contributed by atoms with Gasteiger partial charge in [0.25, 0.3) is 5.91 Å². The number of hydrazone groups is 1. The maximum absolute atomic E-state index is 12.0. The average Bonchev–Trinajstić information content (AvgIpc) is 2.75. The smallest absolute Gasteiger partial charge is 0.271 e. The van der Waals surface area contributed by atoms with Gasteiger partial charge < -0.3 is 9.47 Å². The Labute approximate surface area is 174 Å². The first kappa shape index (κ1) is 20.4. The lowest BCUT2D eigenvalue weighted by atomic mass is 10.2. The van der Waals surface area contributed by atoms with Gasteiger partial charge in [-0.25, -0.2) is 5.43 Å². The minimum absolute atomic E-state index is 0.309. The Morgan fingerprint density at radius 1 is 1.07 bits per heavy atom. The van der Waals surface area contributed by atoms with Gasteiger partial charge in [-0.05, 0) is 60.5 Å². The van der Waals surface area contributed by atoms with Gasteiger partial charge in [-0.2, -0.15) is 5.10 Å². The molecule has 1 N–H and O–H groups in total. The van der Waals surface area contributed by atoms with Gasteiger partial charge in [0, 0.05) is 23.0 Å². The van der Waals surface area contributed by atoms with Gasteiger partial charge in [0.1, 0.15) is 6.61 Å². The van der Waals surface area contributed by atoms with Gasteiger partial charge in [-0.3, -0.25) is 9.78 Å². The molecule has 7 heteroatoms. The number of carbonyl (C=O) groups is 1. The fourth-order valence-electron chi connectivity index (χ4n) is 2.47. The Bertz CT molecular complexity index is 976. The van der Waals surface area contributed by atoms with Gasteiger partial charge in [-0.15, -0.1) is 0 Å². The lowest BCUT2D eigenvalue weighted by molar-refractivity contribution is 0.0955. The lowest BCUT2D eigenvalue weighted by Crippen LogP contribution is -2.17. The summed E-state index contributed by atoms with van der Waals surface area (Å²) in [5.74, 6) is 0.919. The van der Waals surface area contributed by atoms with Crippen molar-refractivity contribution in [3.8, 4) is 11.5 Å². The monoisotopic (exact) mass is 409 g/mol. The molecule has 148 valence electrons. The Kier molecular flexibility index (Phi) is 7.19. The predicted octanol–water partition coefficient (Wildman–Crippen LogP) is 4.48. The zero-order valence-corrected chi connectivity index (χ0v) is 16.6. The van der Waals surface area contributed by atoms with Crippen molar-refractivity contribution in [3.63, 3.8) is 0 Å². The molecule has 1 amide bonds. The molecule has 1 aromatic heterocycles. The normalized spacial score (nSPS) is 10.7. The summed E-state index contributed by atoms with van der Waals surface area (Å²) in [6.07, 6.45) is 4.65. The molecule has 0 atom stereocenters. The van der Waals surface area contributed by atoms with Crippen LogP contribution in [0.3, 0.4) is 0 Å². The van der Waals surface area contributed by atoms with Crippen molar-refractivity contribution in [2.45, 2.75) is 13.5 Å². The van der Waals surface area contributed by atoms with E-state index in [1.165, 1.54) is 0 Å². The molecule has 0 aliphatic carbocycles. The Morgan fingerprint density at radius 2 is 1.83 bits per heavy atom. The summed E-state index contributed by atoms with van der Waals surface area (Å²) in [7, 11) is 0. The van der Waals surface area contributed by atoms with Gasteiger partial charge in [0.15, 0.2) is 11.5 Å². The van der Waals surface area contributed by atoms with E-state index >= 15 is 0 Å². The first-order valence-corrected chi connectivity index (χ1v) is 9.41. The second-order valence-electron chi connectivity index (χ2n) is 5.99. The summed E-state index contributed by atoms with van der Waals surface area (Å²) in [6, 6.07) is 16.2. The van der Waals surface area contributed by atoms with Crippen LogP contribution >= 0.6 is 11.6 Å². The molecule has 0 bridgehead atoms. The van der Waals surface area contributed by atoms with Crippen LogP contribution in [0.2, 0.25) is 5.02 Å². The number of nitrogens with one attached hydrogen (secondary N) is 1. The molecule has 0 radical (unpaired) electrons. The summed E-state index contributed by atoms with van der Waals surface area (Å²) in [4.78, 5) is 15.9. The van der Waals surface area contributed by atoms with E-state index in [0.717, 1.165) is 11.1 Å². The number of nitrogens with zero attached hydrogens (tertiary/aromatic N) is 2. The van der Waals surface area contributed by atoms with Crippen LogP contribution in [0.4, 0.5) is 0 Å². The second kappa shape index (κ2) is 10.2. The van der Waals surface area contributed by atoms with Crippen molar-refractivity contribution in [1.29, 1.82) is 0 Å². The molecule has 0 unspecified atom stereocenters. The zero-order valence-electron chi connectivity index (χ0n) is 15.8. The maximum Gasteiger partial charge on any atom is 0.271 e. The van der Waals surface area contributed by atoms with Crippen molar-refractivity contribution in [3.05, 3.63) is 88.7 Å². The van der Waals surface area contributed by atoms with E-state index in [0.29, 0.717) is 35.3 Å². The molecule has 0 saturated carbocycles. The number of benzene rings is 2. The summed E-state index contributed by atoms with van der Waals surface area (Å²) in [5, 5.41) is 4.68. The molecule has 2 aromatic carbocycles. The predicted molar refractivity (Wildman–Crippen MR) is 113 cm³/mol. The number of hydrogen-bond acceptors (Lipinski definition) is 5. The Balaban J connectivity index is 1.65. The Hall–Kier alpha value is -3.38. The van der Waals surface area contributed by atoms with E-state index < -0.39 is 0 Å². The van der Waals surface area contributed by atoms with Crippen molar-refractivity contribution >= 4 is 23.7 Å². The molecule has 29 heavy (non-hydrogen) atoms. The van der Waals surface area contributed by atoms with Crippen LogP contribution in [-0.4, -0.2) is 23.7 Å².